The van der Waals surface area contributed by atoms with Crippen molar-refractivity contribution in [3.8, 4) is 0 Å². The zero-order chi connectivity index (χ0) is 21.4. The van der Waals surface area contributed by atoms with Gasteiger partial charge in [0.05, 0.1) is 0 Å². The summed E-state index contributed by atoms with van der Waals surface area (Å²) in [7, 11) is 0. The summed E-state index contributed by atoms with van der Waals surface area (Å²) in [5.74, 6) is -3.41. The molecule has 0 bridgehead atoms. The van der Waals surface area contributed by atoms with E-state index in [0.29, 0.717) is 11.8 Å². The Balaban J connectivity index is 2.17. The topological polar surface area (TPSA) is 77.8 Å². The van der Waals surface area contributed by atoms with E-state index in [1.54, 1.807) is 0 Å². The molecular weight excluding hydrogens is 364 g/mol. The highest BCUT2D eigenvalue weighted by Crippen LogP contribution is 2.29. The van der Waals surface area contributed by atoms with E-state index < -0.39 is 11.8 Å². The molecule has 0 unspecified atom stereocenters. The standard InChI is InChI=1S/C25H40O4/c1-2-3-4-5-6-7-8-9-10-11-13-17-22-19-16-20-23(22)18-14-12-15-21-25(28,29)24(26)27/h13-17,19,22-23,28-29H,2-11,18,20-21H2,1H3,(H,26,27)/t12?,22-,23-/m0/s1. The lowest BCUT2D eigenvalue weighted by Gasteiger charge is -2.13. The molecular formula is C25H40O4. The second kappa shape index (κ2) is 15.3. The van der Waals surface area contributed by atoms with Crippen molar-refractivity contribution in [3.05, 3.63) is 42.2 Å². The molecule has 1 aliphatic carbocycles. The van der Waals surface area contributed by atoms with E-state index in [4.69, 9.17) is 5.11 Å². The summed E-state index contributed by atoms with van der Waals surface area (Å²) in [5, 5.41) is 27.1. The summed E-state index contributed by atoms with van der Waals surface area (Å²) in [6.45, 7) is 2.26. The van der Waals surface area contributed by atoms with Gasteiger partial charge in [0.1, 0.15) is 0 Å². The van der Waals surface area contributed by atoms with Gasteiger partial charge in [0.25, 0.3) is 5.79 Å². The number of hydrogen-bond acceptors (Lipinski definition) is 3. The molecule has 2 atom stereocenters. The number of carboxylic acid groups (broad SMARTS) is 1. The van der Waals surface area contributed by atoms with Crippen LogP contribution in [-0.2, 0) is 4.79 Å². The number of carbonyl (C=O) groups is 1. The van der Waals surface area contributed by atoms with Crippen molar-refractivity contribution < 1.29 is 20.1 Å². The average Bonchev–Trinajstić information content (AvgIpc) is 3.13. The highest BCUT2D eigenvalue weighted by atomic mass is 16.5. The largest absolute Gasteiger partial charge is 0.477 e. The summed E-state index contributed by atoms with van der Waals surface area (Å²) in [5.41, 5.74) is 2.87. The molecule has 0 saturated carbocycles. The van der Waals surface area contributed by atoms with Crippen LogP contribution < -0.4 is 0 Å². The Labute approximate surface area is 176 Å². The summed E-state index contributed by atoms with van der Waals surface area (Å²) in [6.07, 6.45) is 27.2. The maximum Gasteiger partial charge on any atom is 0.364 e. The fourth-order valence-electron chi connectivity index (χ4n) is 3.62. The van der Waals surface area contributed by atoms with Crippen molar-refractivity contribution >= 4 is 5.97 Å². The first kappa shape index (κ1) is 25.4. The van der Waals surface area contributed by atoms with Crippen LogP contribution in [0.15, 0.2) is 42.2 Å². The summed E-state index contributed by atoms with van der Waals surface area (Å²) in [6, 6.07) is 0. The highest BCUT2D eigenvalue weighted by Gasteiger charge is 2.31. The number of unbranched alkanes of at least 4 members (excludes halogenated alkanes) is 9. The van der Waals surface area contributed by atoms with Gasteiger partial charge in [-0.25, -0.2) is 4.79 Å². The molecule has 0 saturated heterocycles. The Morgan fingerprint density at radius 1 is 1.07 bits per heavy atom. The summed E-state index contributed by atoms with van der Waals surface area (Å²) >= 11 is 0. The lowest BCUT2D eigenvalue weighted by atomic mass is 9.91. The lowest BCUT2D eigenvalue weighted by Crippen LogP contribution is -2.37. The van der Waals surface area contributed by atoms with Crippen LogP contribution in [0.5, 0.6) is 0 Å². The third-order valence-electron chi connectivity index (χ3n) is 5.56. The fourth-order valence-corrected chi connectivity index (χ4v) is 3.62. The van der Waals surface area contributed by atoms with E-state index >= 15 is 0 Å². The van der Waals surface area contributed by atoms with Gasteiger partial charge in [0.2, 0.25) is 0 Å². The van der Waals surface area contributed by atoms with Crippen molar-refractivity contribution in [1.29, 1.82) is 0 Å². The smallest absolute Gasteiger partial charge is 0.364 e. The van der Waals surface area contributed by atoms with E-state index in [2.05, 4.69) is 37.0 Å². The Kier molecular flexibility index (Phi) is 13.4. The van der Waals surface area contributed by atoms with Crippen molar-refractivity contribution in [2.45, 2.75) is 96.2 Å². The van der Waals surface area contributed by atoms with Crippen LogP contribution in [0.1, 0.15) is 90.4 Å². The number of aliphatic hydroxyl groups is 2. The maximum absolute atomic E-state index is 10.6. The van der Waals surface area contributed by atoms with Crippen LogP contribution in [0.25, 0.3) is 0 Å². The molecule has 0 aromatic rings. The number of carboxylic acids is 1. The van der Waals surface area contributed by atoms with E-state index in [9.17, 15) is 15.0 Å². The molecule has 3 N–H and O–H groups in total. The first-order valence-electron chi connectivity index (χ1n) is 11.4. The Morgan fingerprint density at radius 3 is 2.38 bits per heavy atom. The molecule has 29 heavy (non-hydrogen) atoms. The molecule has 0 aliphatic heterocycles. The first-order valence-corrected chi connectivity index (χ1v) is 11.4. The predicted molar refractivity (Wildman–Crippen MR) is 118 cm³/mol. The Morgan fingerprint density at radius 2 is 1.72 bits per heavy atom. The van der Waals surface area contributed by atoms with Gasteiger partial charge < -0.3 is 15.3 Å². The molecule has 1 rings (SSSR count). The molecule has 0 aromatic heterocycles. The van der Waals surface area contributed by atoms with Gasteiger partial charge in [-0.15, -0.1) is 5.73 Å². The van der Waals surface area contributed by atoms with Gasteiger partial charge in [-0.1, -0.05) is 82.6 Å². The first-order chi connectivity index (χ1) is 14.0. The minimum atomic E-state index is -2.71. The minimum absolute atomic E-state index is 0.371. The molecule has 0 radical (unpaired) electrons. The zero-order valence-electron chi connectivity index (χ0n) is 18.1. The molecule has 4 heteroatoms. The van der Waals surface area contributed by atoms with Crippen LogP contribution in [0, 0.1) is 11.8 Å². The number of allylic oxidation sites excluding steroid dienone is 4. The zero-order valence-corrected chi connectivity index (χ0v) is 18.1. The third-order valence-corrected chi connectivity index (χ3v) is 5.56. The molecule has 0 heterocycles. The van der Waals surface area contributed by atoms with Crippen molar-refractivity contribution in [2.75, 3.05) is 0 Å². The van der Waals surface area contributed by atoms with E-state index in [1.807, 2.05) is 6.08 Å². The van der Waals surface area contributed by atoms with Gasteiger partial charge in [0, 0.05) is 6.42 Å². The molecule has 4 nitrogen and oxygen atoms in total. The molecule has 0 spiro atoms. The summed E-state index contributed by atoms with van der Waals surface area (Å²) in [4.78, 5) is 10.6. The van der Waals surface area contributed by atoms with E-state index in [-0.39, 0.29) is 6.42 Å². The second-order valence-electron chi connectivity index (χ2n) is 8.18. The van der Waals surface area contributed by atoms with Crippen molar-refractivity contribution in [3.63, 3.8) is 0 Å². The normalized spacial score (nSPS) is 18.9. The molecule has 164 valence electrons. The lowest BCUT2D eigenvalue weighted by molar-refractivity contribution is -0.201. The van der Waals surface area contributed by atoms with E-state index in [0.717, 1.165) is 19.3 Å². The van der Waals surface area contributed by atoms with E-state index in [1.165, 1.54) is 63.9 Å². The van der Waals surface area contributed by atoms with Crippen molar-refractivity contribution in [1.82, 2.24) is 0 Å². The number of hydrogen-bond donors (Lipinski definition) is 3. The SMILES string of the molecule is CCCCCCCCCCCC=C[C@H]1C=CC[C@@H]1CC=C=CCC(O)(O)C(=O)O. The summed E-state index contributed by atoms with van der Waals surface area (Å²) < 4.78 is 0. The molecule has 1 aliphatic rings. The Bertz CT molecular complexity index is 567. The highest BCUT2D eigenvalue weighted by molar-refractivity contribution is 5.75. The quantitative estimate of drug-likeness (QED) is 0.129. The predicted octanol–water partition coefficient (Wildman–Crippen LogP) is 5.91. The van der Waals surface area contributed by atoms with Crippen LogP contribution in [0.2, 0.25) is 0 Å². The van der Waals surface area contributed by atoms with Crippen LogP contribution in [0.4, 0.5) is 0 Å². The molecule has 0 aromatic carbocycles. The van der Waals surface area contributed by atoms with Crippen LogP contribution in [0.3, 0.4) is 0 Å². The van der Waals surface area contributed by atoms with Crippen LogP contribution >= 0.6 is 0 Å². The number of aliphatic carboxylic acids is 1. The monoisotopic (exact) mass is 404 g/mol. The van der Waals surface area contributed by atoms with Gasteiger partial charge >= 0.3 is 5.97 Å². The minimum Gasteiger partial charge on any atom is -0.477 e. The van der Waals surface area contributed by atoms with Gasteiger partial charge in [0.15, 0.2) is 0 Å². The van der Waals surface area contributed by atoms with Gasteiger partial charge in [-0.2, -0.15) is 0 Å². The number of rotatable bonds is 16. The van der Waals surface area contributed by atoms with Gasteiger partial charge in [-0.05, 0) is 49.7 Å². The van der Waals surface area contributed by atoms with Gasteiger partial charge in [-0.3, -0.25) is 0 Å². The van der Waals surface area contributed by atoms with Crippen LogP contribution in [-0.4, -0.2) is 27.1 Å². The Hall–Kier alpha value is -1.61. The average molecular weight is 405 g/mol. The molecule has 0 amide bonds. The maximum atomic E-state index is 10.6. The second-order valence-corrected chi connectivity index (χ2v) is 8.18. The molecule has 0 fully saturated rings. The third kappa shape index (κ3) is 11.9. The van der Waals surface area contributed by atoms with Crippen molar-refractivity contribution in [2.24, 2.45) is 11.8 Å². The fraction of sp³-hybridized carbons (Fsp3) is 0.680.